The molecule has 0 atom stereocenters. The van der Waals surface area contributed by atoms with Crippen molar-refractivity contribution in [2.45, 2.75) is 19.8 Å². The highest BCUT2D eigenvalue weighted by Crippen LogP contribution is 2.21. The molecule has 0 aromatic heterocycles. The molecular formula is C14H17BrFNO. The maximum absolute atomic E-state index is 13.2. The molecule has 1 aliphatic rings. The number of aryl methyl sites for hydroxylation is 1. The Labute approximate surface area is 115 Å². The third-order valence-electron chi connectivity index (χ3n) is 3.52. The number of alkyl halides is 1. The zero-order chi connectivity index (χ0) is 13.1. The monoisotopic (exact) mass is 313 g/mol. The summed E-state index contributed by atoms with van der Waals surface area (Å²) in [5.74, 6) is 0.430. The van der Waals surface area contributed by atoms with Gasteiger partial charge in [-0.1, -0.05) is 15.9 Å². The molecule has 98 valence electrons. The number of halogens is 2. The molecule has 2 rings (SSSR count). The molecule has 0 saturated carbocycles. The van der Waals surface area contributed by atoms with Gasteiger partial charge >= 0.3 is 0 Å². The van der Waals surface area contributed by atoms with Crippen LogP contribution in [0.2, 0.25) is 0 Å². The Bertz CT molecular complexity index is 441. The summed E-state index contributed by atoms with van der Waals surface area (Å²) in [7, 11) is 0. The van der Waals surface area contributed by atoms with Crippen LogP contribution >= 0.6 is 15.9 Å². The number of piperidine rings is 1. The minimum Gasteiger partial charge on any atom is -0.339 e. The number of hydrogen-bond acceptors (Lipinski definition) is 1. The maximum Gasteiger partial charge on any atom is 0.253 e. The van der Waals surface area contributed by atoms with Crippen LogP contribution in [0.15, 0.2) is 18.2 Å². The molecule has 1 aromatic rings. The Balaban J connectivity index is 2.05. The molecule has 0 bridgehead atoms. The summed E-state index contributed by atoms with van der Waals surface area (Å²) in [6.07, 6.45) is 2.08. The number of hydrogen-bond donors (Lipinski definition) is 0. The van der Waals surface area contributed by atoms with Gasteiger partial charge in [0.05, 0.1) is 0 Å². The van der Waals surface area contributed by atoms with Crippen LogP contribution in [0.5, 0.6) is 0 Å². The Kier molecular flexibility index (Phi) is 4.38. The lowest BCUT2D eigenvalue weighted by molar-refractivity contribution is 0.0699. The molecule has 1 heterocycles. The molecule has 0 aliphatic carbocycles. The van der Waals surface area contributed by atoms with E-state index in [1.165, 1.54) is 6.07 Å². The maximum atomic E-state index is 13.2. The Morgan fingerprint density at radius 2 is 2.11 bits per heavy atom. The number of benzene rings is 1. The molecule has 1 saturated heterocycles. The van der Waals surface area contributed by atoms with Crippen LogP contribution in [0.3, 0.4) is 0 Å². The van der Waals surface area contributed by atoms with E-state index >= 15 is 0 Å². The van der Waals surface area contributed by atoms with Crippen molar-refractivity contribution in [2.24, 2.45) is 5.92 Å². The van der Waals surface area contributed by atoms with Gasteiger partial charge in [0.25, 0.3) is 5.91 Å². The van der Waals surface area contributed by atoms with E-state index in [4.69, 9.17) is 0 Å². The fourth-order valence-corrected chi connectivity index (χ4v) is 2.90. The van der Waals surface area contributed by atoms with E-state index < -0.39 is 0 Å². The minimum atomic E-state index is -0.260. The molecule has 1 aromatic carbocycles. The molecule has 18 heavy (non-hydrogen) atoms. The predicted molar refractivity (Wildman–Crippen MR) is 73.6 cm³/mol. The highest BCUT2D eigenvalue weighted by Gasteiger charge is 2.23. The first-order valence-electron chi connectivity index (χ1n) is 6.23. The van der Waals surface area contributed by atoms with Crippen LogP contribution < -0.4 is 0 Å². The van der Waals surface area contributed by atoms with E-state index in [9.17, 15) is 9.18 Å². The van der Waals surface area contributed by atoms with Gasteiger partial charge in [-0.25, -0.2) is 4.39 Å². The number of rotatable bonds is 2. The molecule has 1 aliphatic heterocycles. The van der Waals surface area contributed by atoms with E-state index in [2.05, 4.69) is 15.9 Å². The van der Waals surface area contributed by atoms with Gasteiger partial charge in [0.15, 0.2) is 0 Å². The van der Waals surface area contributed by atoms with Crippen LogP contribution in [0, 0.1) is 18.7 Å². The van der Waals surface area contributed by atoms with Crippen LogP contribution in [-0.4, -0.2) is 29.2 Å². The molecule has 0 radical (unpaired) electrons. The van der Waals surface area contributed by atoms with Crippen molar-refractivity contribution in [3.05, 3.63) is 35.1 Å². The molecule has 0 N–H and O–H groups in total. The second-order valence-electron chi connectivity index (χ2n) is 4.85. The van der Waals surface area contributed by atoms with E-state index in [1.807, 2.05) is 4.90 Å². The summed E-state index contributed by atoms with van der Waals surface area (Å²) in [5, 5.41) is 1.00. The summed E-state index contributed by atoms with van der Waals surface area (Å²) in [4.78, 5) is 14.1. The summed E-state index contributed by atoms with van der Waals surface area (Å²) < 4.78 is 13.2. The quantitative estimate of drug-likeness (QED) is 0.766. The average Bonchev–Trinajstić information content (AvgIpc) is 2.41. The van der Waals surface area contributed by atoms with Crippen molar-refractivity contribution >= 4 is 21.8 Å². The average molecular weight is 314 g/mol. The fraction of sp³-hybridized carbons (Fsp3) is 0.500. The van der Waals surface area contributed by atoms with Gasteiger partial charge in [0.1, 0.15) is 5.82 Å². The first kappa shape index (κ1) is 13.5. The van der Waals surface area contributed by atoms with Gasteiger partial charge in [-0.05, 0) is 49.4 Å². The molecule has 0 spiro atoms. The highest BCUT2D eigenvalue weighted by molar-refractivity contribution is 9.09. The van der Waals surface area contributed by atoms with Gasteiger partial charge in [0, 0.05) is 24.0 Å². The van der Waals surface area contributed by atoms with Crippen LogP contribution in [0.25, 0.3) is 0 Å². The Morgan fingerprint density at radius 3 is 2.67 bits per heavy atom. The van der Waals surface area contributed by atoms with Crippen molar-refractivity contribution < 1.29 is 9.18 Å². The fourth-order valence-electron chi connectivity index (χ4n) is 2.25. The zero-order valence-electron chi connectivity index (χ0n) is 10.5. The Morgan fingerprint density at radius 1 is 1.44 bits per heavy atom. The van der Waals surface area contributed by atoms with E-state index in [0.717, 1.165) is 31.3 Å². The molecule has 0 unspecified atom stereocenters. The van der Waals surface area contributed by atoms with Gasteiger partial charge in [-0.3, -0.25) is 4.79 Å². The number of amides is 1. The normalized spacial score (nSPS) is 16.9. The van der Waals surface area contributed by atoms with Crippen molar-refractivity contribution in [3.8, 4) is 0 Å². The second-order valence-corrected chi connectivity index (χ2v) is 5.50. The lowest BCUT2D eigenvalue weighted by Gasteiger charge is -2.31. The minimum absolute atomic E-state index is 0.0196. The SMILES string of the molecule is Cc1cc(C(=O)N2CCC(CBr)CC2)ccc1F. The van der Waals surface area contributed by atoms with E-state index in [1.54, 1.807) is 19.1 Å². The van der Waals surface area contributed by atoms with Gasteiger partial charge < -0.3 is 4.90 Å². The largest absolute Gasteiger partial charge is 0.339 e. The predicted octanol–water partition coefficient (Wildman–Crippen LogP) is 3.38. The van der Waals surface area contributed by atoms with Crippen LogP contribution in [0.1, 0.15) is 28.8 Å². The number of nitrogens with zero attached hydrogens (tertiary/aromatic N) is 1. The summed E-state index contributed by atoms with van der Waals surface area (Å²) in [6.45, 7) is 3.28. The number of carbonyl (C=O) groups is 1. The summed E-state index contributed by atoms with van der Waals surface area (Å²) in [6, 6.07) is 4.57. The lowest BCUT2D eigenvalue weighted by Crippen LogP contribution is -2.38. The van der Waals surface area contributed by atoms with Crippen molar-refractivity contribution in [3.63, 3.8) is 0 Å². The van der Waals surface area contributed by atoms with Crippen LogP contribution in [0.4, 0.5) is 4.39 Å². The molecule has 1 amide bonds. The zero-order valence-corrected chi connectivity index (χ0v) is 12.0. The summed E-state index contributed by atoms with van der Waals surface area (Å²) in [5.41, 5.74) is 1.11. The molecule has 2 nitrogen and oxygen atoms in total. The third-order valence-corrected chi connectivity index (χ3v) is 4.44. The van der Waals surface area contributed by atoms with Gasteiger partial charge in [0.2, 0.25) is 0 Å². The lowest BCUT2D eigenvalue weighted by atomic mass is 9.98. The molecule has 1 fully saturated rings. The van der Waals surface area contributed by atoms with Crippen LogP contribution in [-0.2, 0) is 0 Å². The van der Waals surface area contributed by atoms with Crippen molar-refractivity contribution in [1.29, 1.82) is 0 Å². The molecule has 4 heteroatoms. The highest BCUT2D eigenvalue weighted by atomic mass is 79.9. The Hall–Kier alpha value is -0.900. The van der Waals surface area contributed by atoms with Crippen molar-refractivity contribution in [1.82, 2.24) is 4.90 Å². The van der Waals surface area contributed by atoms with E-state index in [0.29, 0.717) is 17.0 Å². The van der Waals surface area contributed by atoms with Gasteiger partial charge in [-0.15, -0.1) is 0 Å². The third kappa shape index (κ3) is 2.91. The first-order chi connectivity index (χ1) is 8.61. The smallest absolute Gasteiger partial charge is 0.253 e. The van der Waals surface area contributed by atoms with Crippen molar-refractivity contribution in [2.75, 3.05) is 18.4 Å². The van der Waals surface area contributed by atoms with E-state index in [-0.39, 0.29) is 11.7 Å². The van der Waals surface area contributed by atoms with Gasteiger partial charge in [-0.2, -0.15) is 0 Å². The second kappa shape index (κ2) is 5.83. The number of likely N-dealkylation sites (tertiary alicyclic amines) is 1. The standard InChI is InChI=1S/C14H17BrFNO/c1-10-8-12(2-3-13(10)16)14(18)17-6-4-11(9-15)5-7-17/h2-3,8,11H,4-7,9H2,1H3. The summed E-state index contributed by atoms with van der Waals surface area (Å²) >= 11 is 3.49. The topological polar surface area (TPSA) is 20.3 Å². The number of carbonyl (C=O) groups excluding carboxylic acids is 1. The first-order valence-corrected chi connectivity index (χ1v) is 7.35. The molecular weight excluding hydrogens is 297 g/mol.